The summed E-state index contributed by atoms with van der Waals surface area (Å²) in [5, 5.41) is 0. The van der Waals surface area contributed by atoms with E-state index in [1.54, 1.807) is 0 Å². The highest BCUT2D eigenvalue weighted by molar-refractivity contribution is 5.85. The molecule has 92 valence electrons. The second-order valence-corrected chi connectivity index (χ2v) is 6.21. The van der Waals surface area contributed by atoms with Gasteiger partial charge in [-0.3, -0.25) is 9.59 Å². The van der Waals surface area contributed by atoms with E-state index in [1.165, 1.54) is 6.42 Å². The van der Waals surface area contributed by atoms with Crippen molar-refractivity contribution < 1.29 is 14.3 Å². The quantitative estimate of drug-likeness (QED) is 0.594. The molecule has 0 spiro atoms. The van der Waals surface area contributed by atoms with Crippen LogP contribution in [0.3, 0.4) is 0 Å². The van der Waals surface area contributed by atoms with Gasteiger partial charge < -0.3 is 9.64 Å². The third-order valence-corrected chi connectivity index (χ3v) is 5.34. The number of hydrogen-bond acceptors (Lipinski definition) is 3. The number of carbonyl (C=O) groups excluding carboxylic acids is 2. The topological polar surface area (TPSA) is 46.6 Å². The van der Waals surface area contributed by atoms with Crippen LogP contribution in [-0.4, -0.2) is 28.5 Å². The van der Waals surface area contributed by atoms with Crippen molar-refractivity contribution in [2.24, 2.45) is 17.8 Å². The molecule has 5 atom stereocenters. The zero-order valence-corrected chi connectivity index (χ0v) is 10.0. The molecule has 4 nitrogen and oxygen atoms in total. The highest BCUT2D eigenvalue weighted by atomic mass is 16.6. The van der Waals surface area contributed by atoms with Crippen LogP contribution in [0.25, 0.3) is 0 Å². The number of hydrogen-bond donors (Lipinski definition) is 0. The van der Waals surface area contributed by atoms with Crippen LogP contribution in [0.15, 0.2) is 0 Å². The highest BCUT2D eigenvalue weighted by Gasteiger charge is 2.64. The van der Waals surface area contributed by atoms with Gasteiger partial charge in [0, 0.05) is 12.8 Å². The van der Waals surface area contributed by atoms with Crippen LogP contribution >= 0.6 is 0 Å². The average molecular weight is 235 g/mol. The van der Waals surface area contributed by atoms with Gasteiger partial charge in [-0.1, -0.05) is 0 Å². The third-order valence-electron chi connectivity index (χ3n) is 5.34. The van der Waals surface area contributed by atoms with Crippen LogP contribution in [0.5, 0.6) is 0 Å². The fourth-order valence-electron chi connectivity index (χ4n) is 4.67. The summed E-state index contributed by atoms with van der Waals surface area (Å²) in [6.07, 6.45) is 4.63. The fourth-order valence-corrected chi connectivity index (χ4v) is 4.67. The van der Waals surface area contributed by atoms with Crippen LogP contribution in [0.4, 0.5) is 0 Å². The van der Waals surface area contributed by atoms with Gasteiger partial charge in [0.2, 0.25) is 5.91 Å². The molecule has 2 saturated carbocycles. The zero-order chi connectivity index (χ0) is 11.8. The van der Waals surface area contributed by atoms with Gasteiger partial charge in [0.15, 0.2) is 5.72 Å². The first-order chi connectivity index (χ1) is 8.10. The Kier molecular flexibility index (Phi) is 1.66. The lowest BCUT2D eigenvalue weighted by molar-refractivity contribution is -0.213. The summed E-state index contributed by atoms with van der Waals surface area (Å²) in [5.41, 5.74) is -0.639. The predicted molar refractivity (Wildman–Crippen MR) is 58.7 cm³/mol. The number of rotatable bonds is 0. The fraction of sp³-hybridized carbons (Fsp3) is 0.846. The Bertz CT molecular complexity index is 421. The zero-order valence-electron chi connectivity index (χ0n) is 10.0. The van der Waals surface area contributed by atoms with Gasteiger partial charge in [-0.15, -0.1) is 0 Å². The van der Waals surface area contributed by atoms with E-state index in [1.807, 2.05) is 11.8 Å². The summed E-state index contributed by atoms with van der Waals surface area (Å²) >= 11 is 0. The first kappa shape index (κ1) is 9.92. The molecule has 4 rings (SSSR count). The van der Waals surface area contributed by atoms with Crippen LogP contribution in [0.1, 0.15) is 39.0 Å². The molecule has 1 amide bonds. The summed E-state index contributed by atoms with van der Waals surface area (Å²) in [5.74, 6) is 1.12. The molecule has 0 aromatic heterocycles. The van der Waals surface area contributed by atoms with Crippen molar-refractivity contribution in [3.05, 3.63) is 0 Å². The molecule has 2 aliphatic heterocycles. The van der Waals surface area contributed by atoms with Crippen LogP contribution in [0, 0.1) is 17.8 Å². The van der Waals surface area contributed by atoms with Gasteiger partial charge >= 0.3 is 5.97 Å². The van der Waals surface area contributed by atoms with E-state index in [0.29, 0.717) is 24.7 Å². The number of esters is 1. The summed E-state index contributed by atoms with van der Waals surface area (Å²) < 4.78 is 5.60. The summed E-state index contributed by atoms with van der Waals surface area (Å²) in [7, 11) is 0. The molecule has 0 unspecified atom stereocenters. The van der Waals surface area contributed by atoms with Crippen LogP contribution in [0.2, 0.25) is 0 Å². The molecule has 4 aliphatic rings. The van der Waals surface area contributed by atoms with Crippen molar-refractivity contribution in [2.45, 2.75) is 50.8 Å². The van der Waals surface area contributed by atoms with E-state index in [9.17, 15) is 9.59 Å². The van der Waals surface area contributed by atoms with Gasteiger partial charge in [-0.25, -0.2) is 0 Å². The maximum atomic E-state index is 12.2. The Morgan fingerprint density at radius 1 is 1.29 bits per heavy atom. The molecule has 2 aliphatic carbocycles. The van der Waals surface area contributed by atoms with Crippen molar-refractivity contribution in [3.63, 3.8) is 0 Å². The Labute approximate surface area is 100 Å². The molecule has 0 aromatic carbocycles. The van der Waals surface area contributed by atoms with Crippen molar-refractivity contribution in [3.8, 4) is 0 Å². The Balaban J connectivity index is 1.80. The van der Waals surface area contributed by atoms with Crippen molar-refractivity contribution >= 4 is 11.9 Å². The molecule has 2 saturated heterocycles. The average Bonchev–Trinajstić information content (AvgIpc) is 2.92. The van der Waals surface area contributed by atoms with Gasteiger partial charge in [-0.05, 0) is 38.0 Å². The van der Waals surface area contributed by atoms with Crippen LogP contribution < -0.4 is 0 Å². The highest BCUT2D eigenvalue weighted by Crippen LogP contribution is 2.56. The summed E-state index contributed by atoms with van der Waals surface area (Å²) in [4.78, 5) is 26.2. The second kappa shape index (κ2) is 2.85. The van der Waals surface area contributed by atoms with Gasteiger partial charge in [-0.2, -0.15) is 0 Å². The minimum atomic E-state index is -0.639. The van der Waals surface area contributed by atoms with Crippen molar-refractivity contribution in [2.75, 3.05) is 0 Å². The lowest BCUT2D eigenvalue weighted by Gasteiger charge is -2.49. The van der Waals surface area contributed by atoms with Gasteiger partial charge in [0.25, 0.3) is 0 Å². The minimum absolute atomic E-state index is 0.0242. The number of ether oxygens (including phenoxy) is 1. The molecule has 4 fully saturated rings. The Morgan fingerprint density at radius 3 is 2.88 bits per heavy atom. The standard InChI is InChI=1S/C13H17NO3/c1-13-5-4-9(15)14(13)11-8-3-2-7(6-8)10(11)12(16)17-13/h7-8,10-11H,2-6H2,1H3/t7-,8+,10-,11+,13+/m0/s1. The van der Waals surface area contributed by atoms with Crippen molar-refractivity contribution in [1.82, 2.24) is 4.90 Å². The number of carbonyl (C=O) groups is 2. The molecular formula is C13H17NO3. The minimum Gasteiger partial charge on any atom is -0.439 e. The normalized spacial score (nSPS) is 51.5. The maximum absolute atomic E-state index is 12.2. The molecule has 0 N–H and O–H groups in total. The lowest BCUT2D eigenvalue weighted by Crippen LogP contribution is -2.62. The van der Waals surface area contributed by atoms with E-state index in [-0.39, 0.29) is 23.8 Å². The lowest BCUT2D eigenvalue weighted by atomic mass is 9.81. The monoisotopic (exact) mass is 235 g/mol. The largest absolute Gasteiger partial charge is 0.439 e. The summed E-state index contributed by atoms with van der Waals surface area (Å²) in [6.45, 7) is 1.90. The van der Waals surface area contributed by atoms with E-state index >= 15 is 0 Å². The second-order valence-electron chi connectivity index (χ2n) is 6.21. The third kappa shape index (κ3) is 1.04. The Morgan fingerprint density at radius 2 is 2.06 bits per heavy atom. The predicted octanol–water partition coefficient (Wildman–Crippen LogP) is 1.30. The molecule has 0 radical (unpaired) electrons. The maximum Gasteiger partial charge on any atom is 0.313 e. The number of nitrogens with zero attached hydrogens (tertiary/aromatic N) is 1. The Hall–Kier alpha value is -1.06. The molecule has 4 heteroatoms. The molecule has 2 bridgehead atoms. The van der Waals surface area contributed by atoms with Crippen LogP contribution in [-0.2, 0) is 14.3 Å². The van der Waals surface area contributed by atoms with Gasteiger partial charge in [0.1, 0.15) is 0 Å². The van der Waals surface area contributed by atoms with E-state index in [0.717, 1.165) is 12.8 Å². The van der Waals surface area contributed by atoms with Gasteiger partial charge in [0.05, 0.1) is 12.0 Å². The SMILES string of the molecule is C[C@@]12CCC(=O)N1[C@@H]1[C@@H]3CC[C@@H](C3)[C@@H]1C(=O)O2. The smallest absolute Gasteiger partial charge is 0.313 e. The van der Waals surface area contributed by atoms with E-state index < -0.39 is 5.72 Å². The first-order valence-electron chi connectivity index (χ1n) is 6.65. The van der Waals surface area contributed by atoms with E-state index in [2.05, 4.69) is 0 Å². The molecule has 0 aromatic rings. The number of amides is 1. The molecule has 2 heterocycles. The van der Waals surface area contributed by atoms with E-state index in [4.69, 9.17) is 4.74 Å². The summed E-state index contributed by atoms with van der Waals surface area (Å²) in [6, 6.07) is 0.148. The van der Waals surface area contributed by atoms with Crippen molar-refractivity contribution in [1.29, 1.82) is 0 Å². The molecular weight excluding hydrogens is 218 g/mol. The molecule has 17 heavy (non-hydrogen) atoms. The number of fused-ring (bicyclic) bond motifs is 7. The first-order valence-corrected chi connectivity index (χ1v) is 6.65.